The molecule has 0 aliphatic rings. The number of amides is 1. The number of aryl methyl sites for hydroxylation is 1. The van der Waals surface area contributed by atoms with Crippen LogP contribution in [0.15, 0.2) is 30.5 Å². The first kappa shape index (κ1) is 9.77. The van der Waals surface area contributed by atoms with Crippen LogP contribution < -0.4 is 5.73 Å². The molecular formula is C12H14N2O. The molecule has 0 bridgehead atoms. The molecule has 1 unspecified atom stereocenters. The molecule has 1 aromatic carbocycles. The molecular weight excluding hydrogens is 188 g/mol. The number of nitrogens with zero attached hydrogens (tertiary/aromatic N) is 1. The molecule has 0 saturated carbocycles. The number of aromatic nitrogens is 1. The molecule has 0 spiro atoms. The van der Waals surface area contributed by atoms with Gasteiger partial charge in [-0.25, -0.2) is 0 Å². The summed E-state index contributed by atoms with van der Waals surface area (Å²) in [5.74, 6) is -0.526. The van der Waals surface area contributed by atoms with Gasteiger partial charge in [-0.05, 0) is 18.6 Å². The summed E-state index contributed by atoms with van der Waals surface area (Å²) in [6.07, 6.45) is 1.97. The van der Waals surface area contributed by atoms with E-state index in [1.807, 2.05) is 49.0 Å². The van der Waals surface area contributed by atoms with Crippen molar-refractivity contribution in [1.29, 1.82) is 0 Å². The molecule has 0 fully saturated rings. The first-order valence-electron chi connectivity index (χ1n) is 4.94. The summed E-state index contributed by atoms with van der Waals surface area (Å²) >= 11 is 0. The molecule has 1 atom stereocenters. The van der Waals surface area contributed by atoms with Gasteiger partial charge in [0.05, 0.1) is 5.92 Å². The molecule has 1 amide bonds. The molecule has 0 aliphatic carbocycles. The van der Waals surface area contributed by atoms with Crippen LogP contribution in [-0.4, -0.2) is 10.5 Å². The van der Waals surface area contributed by atoms with Gasteiger partial charge < -0.3 is 10.3 Å². The molecule has 2 N–H and O–H groups in total. The summed E-state index contributed by atoms with van der Waals surface area (Å²) in [4.78, 5) is 11.2. The molecule has 1 heterocycles. The van der Waals surface area contributed by atoms with E-state index in [4.69, 9.17) is 5.73 Å². The van der Waals surface area contributed by atoms with Crippen LogP contribution in [0.5, 0.6) is 0 Å². The van der Waals surface area contributed by atoms with Crippen molar-refractivity contribution in [2.45, 2.75) is 12.8 Å². The normalized spacial score (nSPS) is 12.9. The monoisotopic (exact) mass is 202 g/mol. The number of benzene rings is 1. The van der Waals surface area contributed by atoms with E-state index in [0.717, 1.165) is 16.5 Å². The molecule has 0 aliphatic heterocycles. The highest BCUT2D eigenvalue weighted by atomic mass is 16.1. The van der Waals surface area contributed by atoms with E-state index < -0.39 is 0 Å². The fraction of sp³-hybridized carbons (Fsp3) is 0.250. The summed E-state index contributed by atoms with van der Waals surface area (Å²) in [6.45, 7) is 1.84. The summed E-state index contributed by atoms with van der Waals surface area (Å²) in [7, 11) is 1.97. The summed E-state index contributed by atoms with van der Waals surface area (Å²) < 4.78 is 2.02. The van der Waals surface area contributed by atoms with Crippen LogP contribution in [0.4, 0.5) is 0 Å². The maximum Gasteiger partial charge on any atom is 0.224 e. The van der Waals surface area contributed by atoms with Crippen LogP contribution in [0.25, 0.3) is 10.9 Å². The number of primary amides is 1. The lowest BCUT2D eigenvalue weighted by molar-refractivity contribution is -0.119. The van der Waals surface area contributed by atoms with Gasteiger partial charge in [-0.2, -0.15) is 0 Å². The summed E-state index contributed by atoms with van der Waals surface area (Å²) in [5.41, 5.74) is 7.45. The van der Waals surface area contributed by atoms with Gasteiger partial charge in [-0.15, -0.1) is 0 Å². The Kier molecular flexibility index (Phi) is 2.23. The van der Waals surface area contributed by atoms with Crippen molar-refractivity contribution >= 4 is 16.8 Å². The smallest absolute Gasteiger partial charge is 0.224 e. The van der Waals surface area contributed by atoms with Gasteiger partial charge in [0.25, 0.3) is 0 Å². The predicted molar refractivity (Wildman–Crippen MR) is 60.5 cm³/mol. The molecule has 0 saturated heterocycles. The Morgan fingerprint density at radius 2 is 2.07 bits per heavy atom. The average molecular weight is 202 g/mol. The topological polar surface area (TPSA) is 48.0 Å². The lowest BCUT2D eigenvalue weighted by Gasteiger charge is -2.04. The number of fused-ring (bicyclic) bond motifs is 1. The number of para-hydroxylation sites is 1. The largest absolute Gasteiger partial charge is 0.369 e. The number of carbonyl (C=O) groups excluding carboxylic acids is 1. The molecule has 1 aromatic heterocycles. The zero-order chi connectivity index (χ0) is 11.0. The van der Waals surface area contributed by atoms with Gasteiger partial charge in [0.1, 0.15) is 0 Å². The highest BCUT2D eigenvalue weighted by Crippen LogP contribution is 2.26. The van der Waals surface area contributed by atoms with E-state index in [1.54, 1.807) is 0 Å². The molecule has 2 rings (SSSR count). The van der Waals surface area contributed by atoms with Gasteiger partial charge in [0.15, 0.2) is 0 Å². The fourth-order valence-electron chi connectivity index (χ4n) is 1.87. The van der Waals surface area contributed by atoms with Crippen molar-refractivity contribution < 1.29 is 4.79 Å². The Bertz CT molecular complexity index is 513. The Morgan fingerprint density at radius 3 is 2.73 bits per heavy atom. The molecule has 3 heteroatoms. The second-order valence-electron chi connectivity index (χ2n) is 3.84. The third kappa shape index (κ3) is 1.50. The molecule has 78 valence electrons. The second kappa shape index (κ2) is 3.42. The number of rotatable bonds is 2. The zero-order valence-electron chi connectivity index (χ0n) is 8.90. The van der Waals surface area contributed by atoms with Crippen molar-refractivity contribution in [3.8, 4) is 0 Å². The Balaban J connectivity index is 2.67. The molecule has 2 aromatic rings. The van der Waals surface area contributed by atoms with Gasteiger partial charge in [0.2, 0.25) is 5.91 Å². The van der Waals surface area contributed by atoms with E-state index in [1.165, 1.54) is 0 Å². The predicted octanol–water partition coefficient (Wildman–Crippen LogP) is 1.77. The van der Waals surface area contributed by atoms with Gasteiger partial charge in [0, 0.05) is 24.1 Å². The third-order valence-corrected chi connectivity index (χ3v) is 2.82. The number of nitrogens with two attached hydrogens (primary N) is 1. The van der Waals surface area contributed by atoms with Crippen LogP contribution in [-0.2, 0) is 11.8 Å². The first-order chi connectivity index (χ1) is 7.11. The van der Waals surface area contributed by atoms with Crippen molar-refractivity contribution in [2.24, 2.45) is 12.8 Å². The lowest BCUT2D eigenvalue weighted by Crippen LogP contribution is -2.18. The van der Waals surface area contributed by atoms with Crippen molar-refractivity contribution in [3.05, 3.63) is 36.0 Å². The second-order valence-corrected chi connectivity index (χ2v) is 3.84. The van der Waals surface area contributed by atoms with Crippen molar-refractivity contribution in [2.75, 3.05) is 0 Å². The molecule has 3 nitrogen and oxygen atoms in total. The quantitative estimate of drug-likeness (QED) is 0.792. The zero-order valence-corrected chi connectivity index (χ0v) is 8.90. The standard InChI is InChI=1S/C12H14N2O/c1-8(12(13)15)10-7-14(2)11-6-4-3-5-9(10)11/h3-8H,1-2H3,(H2,13,15). The highest BCUT2D eigenvalue weighted by Gasteiger charge is 2.16. The van der Waals surface area contributed by atoms with Gasteiger partial charge in [-0.1, -0.05) is 18.2 Å². The number of hydrogen-bond donors (Lipinski definition) is 1. The van der Waals surface area contributed by atoms with Crippen LogP contribution >= 0.6 is 0 Å². The van der Waals surface area contributed by atoms with Gasteiger partial charge in [-0.3, -0.25) is 4.79 Å². The minimum atomic E-state index is -0.286. The molecule has 0 radical (unpaired) electrons. The van der Waals surface area contributed by atoms with E-state index >= 15 is 0 Å². The van der Waals surface area contributed by atoms with E-state index in [2.05, 4.69) is 0 Å². The minimum absolute atomic E-state index is 0.240. The maximum atomic E-state index is 11.2. The van der Waals surface area contributed by atoms with E-state index in [0.29, 0.717) is 0 Å². The highest BCUT2D eigenvalue weighted by molar-refractivity contribution is 5.91. The van der Waals surface area contributed by atoms with Gasteiger partial charge >= 0.3 is 0 Å². The summed E-state index contributed by atoms with van der Waals surface area (Å²) in [5, 5.41) is 1.10. The third-order valence-electron chi connectivity index (χ3n) is 2.82. The first-order valence-corrected chi connectivity index (χ1v) is 4.94. The molecule has 15 heavy (non-hydrogen) atoms. The minimum Gasteiger partial charge on any atom is -0.369 e. The maximum absolute atomic E-state index is 11.2. The average Bonchev–Trinajstić information content (AvgIpc) is 2.56. The number of hydrogen-bond acceptors (Lipinski definition) is 1. The summed E-state index contributed by atoms with van der Waals surface area (Å²) in [6, 6.07) is 8.01. The Hall–Kier alpha value is -1.77. The van der Waals surface area contributed by atoms with Crippen molar-refractivity contribution in [1.82, 2.24) is 4.57 Å². The van der Waals surface area contributed by atoms with Crippen LogP contribution in [0.2, 0.25) is 0 Å². The Morgan fingerprint density at radius 1 is 1.40 bits per heavy atom. The van der Waals surface area contributed by atoms with Crippen LogP contribution in [0, 0.1) is 0 Å². The van der Waals surface area contributed by atoms with Crippen molar-refractivity contribution in [3.63, 3.8) is 0 Å². The number of carbonyl (C=O) groups is 1. The van der Waals surface area contributed by atoms with Crippen LogP contribution in [0.1, 0.15) is 18.4 Å². The lowest BCUT2D eigenvalue weighted by atomic mass is 10.0. The van der Waals surface area contributed by atoms with E-state index in [9.17, 15) is 4.79 Å². The SMILES string of the molecule is CC(C(N)=O)c1cn(C)c2ccccc12. The fourth-order valence-corrected chi connectivity index (χ4v) is 1.87. The van der Waals surface area contributed by atoms with E-state index in [-0.39, 0.29) is 11.8 Å². The van der Waals surface area contributed by atoms with Crippen LogP contribution in [0.3, 0.4) is 0 Å². The Labute approximate surface area is 88.5 Å².